The number of amides is 2. The molecule has 0 radical (unpaired) electrons. The summed E-state index contributed by atoms with van der Waals surface area (Å²) in [6.07, 6.45) is 0. The summed E-state index contributed by atoms with van der Waals surface area (Å²) in [5.41, 5.74) is -0.180. The van der Waals surface area contributed by atoms with Crippen molar-refractivity contribution in [1.29, 1.82) is 0 Å². The van der Waals surface area contributed by atoms with Gasteiger partial charge in [0.2, 0.25) is 5.91 Å². The Labute approximate surface area is 146 Å². The average Bonchev–Trinajstić information content (AvgIpc) is 2.54. The monoisotopic (exact) mass is 365 g/mol. The predicted molar refractivity (Wildman–Crippen MR) is 90.1 cm³/mol. The molecule has 7 nitrogen and oxygen atoms in total. The molecule has 0 aromatic heterocycles. The van der Waals surface area contributed by atoms with Crippen LogP contribution in [0.5, 0.6) is 0 Å². The molecule has 0 heterocycles. The number of carbonyl (C=O) groups excluding carboxylic acids is 2. The van der Waals surface area contributed by atoms with Crippen LogP contribution in [0.25, 0.3) is 0 Å². The molecule has 25 heavy (non-hydrogen) atoms. The second-order valence-corrected chi connectivity index (χ2v) is 5.53. The first-order chi connectivity index (χ1) is 11.8. The Morgan fingerprint density at radius 1 is 1.24 bits per heavy atom. The van der Waals surface area contributed by atoms with Crippen molar-refractivity contribution >= 4 is 34.8 Å². The van der Waals surface area contributed by atoms with Gasteiger partial charge in [-0.25, -0.2) is 4.39 Å². The summed E-state index contributed by atoms with van der Waals surface area (Å²) in [5, 5.41) is 15.6. The Bertz CT molecular complexity index is 844. The van der Waals surface area contributed by atoms with Crippen LogP contribution in [0, 0.1) is 15.9 Å². The van der Waals surface area contributed by atoms with Crippen LogP contribution < -0.4 is 10.6 Å². The van der Waals surface area contributed by atoms with E-state index in [0.717, 1.165) is 12.1 Å². The molecular formula is C16H13ClFN3O4. The Hall–Kier alpha value is -3.00. The smallest absolute Gasteiger partial charge is 0.288 e. The first kappa shape index (κ1) is 18.3. The minimum absolute atomic E-state index is 0.0125. The Morgan fingerprint density at radius 3 is 2.60 bits per heavy atom. The maximum absolute atomic E-state index is 13.1. The van der Waals surface area contributed by atoms with Gasteiger partial charge in [-0.2, -0.15) is 0 Å². The van der Waals surface area contributed by atoms with Crippen molar-refractivity contribution in [3.05, 3.63) is 69.0 Å². The van der Waals surface area contributed by atoms with Crippen LogP contribution in [0.2, 0.25) is 5.02 Å². The molecule has 0 fully saturated rings. The maximum Gasteiger partial charge on any atom is 0.288 e. The number of benzene rings is 2. The topological polar surface area (TPSA) is 101 Å². The second kappa shape index (κ2) is 7.71. The molecule has 2 N–H and O–H groups in total. The number of nitro benzene ring substituents is 1. The molecule has 0 aliphatic heterocycles. The average molecular weight is 366 g/mol. The predicted octanol–water partition coefficient (Wildman–Crippen LogP) is 3.14. The van der Waals surface area contributed by atoms with Crippen LogP contribution in [-0.2, 0) is 4.79 Å². The number of rotatable bonds is 5. The molecule has 2 amide bonds. The standard InChI is InChI=1S/C16H13ClFN3O4/c1-9(15(22)20-12-4-2-3-11(18)8-12)19-16(23)10-5-6-13(17)14(7-10)21(24)25/h2-9H,1H3,(H,19,23)(H,20,22)/t9-/m0/s1. The Morgan fingerprint density at radius 2 is 1.96 bits per heavy atom. The molecule has 0 saturated carbocycles. The Balaban J connectivity index is 2.05. The molecule has 9 heteroatoms. The zero-order valence-electron chi connectivity index (χ0n) is 13.0. The van der Waals surface area contributed by atoms with E-state index in [4.69, 9.17) is 11.6 Å². The van der Waals surface area contributed by atoms with E-state index in [9.17, 15) is 24.1 Å². The maximum atomic E-state index is 13.1. The fraction of sp³-hybridized carbons (Fsp3) is 0.125. The Kier molecular flexibility index (Phi) is 5.66. The third-order valence-corrected chi connectivity index (χ3v) is 3.56. The summed E-state index contributed by atoms with van der Waals surface area (Å²) in [4.78, 5) is 34.3. The van der Waals surface area contributed by atoms with Gasteiger partial charge in [0, 0.05) is 17.3 Å². The minimum atomic E-state index is -0.953. The van der Waals surface area contributed by atoms with E-state index in [0.29, 0.717) is 0 Å². The lowest BCUT2D eigenvalue weighted by Crippen LogP contribution is -2.41. The van der Waals surface area contributed by atoms with Gasteiger partial charge < -0.3 is 10.6 Å². The number of carbonyl (C=O) groups is 2. The molecule has 2 aromatic carbocycles. The van der Waals surface area contributed by atoms with Gasteiger partial charge in [0.1, 0.15) is 16.9 Å². The highest BCUT2D eigenvalue weighted by Crippen LogP contribution is 2.25. The van der Waals surface area contributed by atoms with Crippen LogP contribution >= 0.6 is 11.6 Å². The van der Waals surface area contributed by atoms with Crippen molar-refractivity contribution in [2.45, 2.75) is 13.0 Å². The van der Waals surface area contributed by atoms with Gasteiger partial charge in [-0.05, 0) is 37.3 Å². The highest BCUT2D eigenvalue weighted by atomic mass is 35.5. The van der Waals surface area contributed by atoms with Gasteiger partial charge in [0.25, 0.3) is 11.6 Å². The van der Waals surface area contributed by atoms with Crippen molar-refractivity contribution in [3.8, 4) is 0 Å². The van der Waals surface area contributed by atoms with E-state index in [-0.39, 0.29) is 16.3 Å². The van der Waals surface area contributed by atoms with Gasteiger partial charge in [-0.3, -0.25) is 19.7 Å². The summed E-state index contributed by atoms with van der Waals surface area (Å²) in [7, 11) is 0. The highest BCUT2D eigenvalue weighted by Gasteiger charge is 2.20. The zero-order valence-corrected chi connectivity index (χ0v) is 13.7. The number of nitrogens with zero attached hydrogens (tertiary/aromatic N) is 1. The van der Waals surface area contributed by atoms with Gasteiger partial charge in [0.05, 0.1) is 4.92 Å². The molecule has 130 valence electrons. The zero-order chi connectivity index (χ0) is 18.6. The van der Waals surface area contributed by atoms with Crippen molar-refractivity contribution in [1.82, 2.24) is 5.32 Å². The highest BCUT2D eigenvalue weighted by molar-refractivity contribution is 6.32. The van der Waals surface area contributed by atoms with Crippen molar-refractivity contribution in [2.75, 3.05) is 5.32 Å². The largest absolute Gasteiger partial charge is 0.341 e. The minimum Gasteiger partial charge on any atom is -0.341 e. The normalized spacial score (nSPS) is 11.5. The quantitative estimate of drug-likeness (QED) is 0.627. The lowest BCUT2D eigenvalue weighted by molar-refractivity contribution is -0.384. The fourth-order valence-electron chi connectivity index (χ4n) is 1.96. The molecule has 0 unspecified atom stereocenters. The number of halogens is 2. The van der Waals surface area contributed by atoms with E-state index in [1.807, 2.05) is 0 Å². The van der Waals surface area contributed by atoms with Gasteiger partial charge in [0.15, 0.2) is 0 Å². The number of nitrogens with one attached hydrogen (secondary N) is 2. The molecule has 2 aromatic rings. The molecule has 1 atom stereocenters. The number of nitro groups is 1. The lowest BCUT2D eigenvalue weighted by atomic mass is 10.1. The van der Waals surface area contributed by atoms with Crippen molar-refractivity contribution in [2.24, 2.45) is 0 Å². The van der Waals surface area contributed by atoms with Gasteiger partial charge >= 0.3 is 0 Å². The summed E-state index contributed by atoms with van der Waals surface area (Å²) >= 11 is 5.69. The molecule has 0 bridgehead atoms. The SMILES string of the molecule is C[C@H](NC(=O)c1ccc(Cl)c([N+](=O)[O-])c1)C(=O)Nc1cccc(F)c1. The van der Waals surface area contributed by atoms with Gasteiger partial charge in [-0.15, -0.1) is 0 Å². The van der Waals surface area contributed by atoms with Crippen molar-refractivity contribution in [3.63, 3.8) is 0 Å². The third-order valence-electron chi connectivity index (χ3n) is 3.24. The molecule has 0 saturated heterocycles. The molecule has 0 aliphatic rings. The number of anilines is 1. The van der Waals surface area contributed by atoms with Gasteiger partial charge in [-0.1, -0.05) is 17.7 Å². The number of hydrogen-bond donors (Lipinski definition) is 2. The fourth-order valence-corrected chi connectivity index (χ4v) is 2.14. The molecule has 0 spiro atoms. The molecule has 2 rings (SSSR count). The van der Waals surface area contributed by atoms with E-state index in [2.05, 4.69) is 10.6 Å². The molecular weight excluding hydrogens is 353 g/mol. The van der Waals surface area contributed by atoms with Crippen molar-refractivity contribution < 1.29 is 18.9 Å². The van der Waals surface area contributed by atoms with E-state index < -0.39 is 34.3 Å². The summed E-state index contributed by atoms with van der Waals surface area (Å²) < 4.78 is 13.1. The summed E-state index contributed by atoms with van der Waals surface area (Å²) in [5.74, 6) is -1.76. The summed E-state index contributed by atoms with van der Waals surface area (Å²) in [6.45, 7) is 1.43. The number of hydrogen-bond acceptors (Lipinski definition) is 4. The van der Waals surface area contributed by atoms with E-state index in [1.54, 1.807) is 0 Å². The second-order valence-electron chi connectivity index (χ2n) is 5.12. The van der Waals surface area contributed by atoms with E-state index >= 15 is 0 Å². The molecule has 0 aliphatic carbocycles. The first-order valence-electron chi connectivity index (χ1n) is 7.09. The van der Waals surface area contributed by atoms with Crippen LogP contribution in [0.3, 0.4) is 0 Å². The third kappa shape index (κ3) is 4.74. The van der Waals surface area contributed by atoms with Crippen LogP contribution in [-0.4, -0.2) is 22.8 Å². The van der Waals surface area contributed by atoms with Crippen LogP contribution in [0.15, 0.2) is 42.5 Å². The van der Waals surface area contributed by atoms with Crippen LogP contribution in [0.4, 0.5) is 15.8 Å². The van der Waals surface area contributed by atoms with Crippen LogP contribution in [0.1, 0.15) is 17.3 Å². The van der Waals surface area contributed by atoms with E-state index in [1.165, 1.54) is 37.3 Å². The first-order valence-corrected chi connectivity index (χ1v) is 7.47. The lowest BCUT2D eigenvalue weighted by Gasteiger charge is -2.14. The summed E-state index contributed by atoms with van der Waals surface area (Å²) in [6, 6.07) is 7.90.